The van der Waals surface area contributed by atoms with Gasteiger partial charge in [-0.2, -0.15) is 0 Å². The molecule has 33 heavy (non-hydrogen) atoms. The van der Waals surface area contributed by atoms with Gasteiger partial charge in [-0.15, -0.1) is 0 Å². The third-order valence-corrected chi connectivity index (χ3v) is 6.36. The molecule has 0 aliphatic rings. The van der Waals surface area contributed by atoms with Gasteiger partial charge in [0.15, 0.2) is 0 Å². The summed E-state index contributed by atoms with van der Waals surface area (Å²) in [4.78, 5) is 4.52. The molecule has 184 valence electrons. The number of ether oxygens (including phenoxy) is 1. The topological polar surface area (TPSA) is 22.1 Å². The Balaban J connectivity index is 1.65. The number of pyridine rings is 1. The molecule has 3 heteroatoms. The van der Waals surface area contributed by atoms with E-state index < -0.39 is 6.17 Å². The molecule has 0 aliphatic heterocycles. The lowest BCUT2D eigenvalue weighted by molar-refractivity contribution is 0.183. The fourth-order valence-corrected chi connectivity index (χ4v) is 4.18. The molecule has 1 aromatic carbocycles. The summed E-state index contributed by atoms with van der Waals surface area (Å²) < 4.78 is 19.6. The molecule has 2 aromatic rings. The van der Waals surface area contributed by atoms with Crippen LogP contribution in [0.1, 0.15) is 109 Å². The Morgan fingerprint density at radius 2 is 1.33 bits per heavy atom. The third kappa shape index (κ3) is 12.2. The number of benzene rings is 1. The number of hydrogen-bond acceptors (Lipinski definition) is 2. The van der Waals surface area contributed by atoms with Crippen LogP contribution in [-0.4, -0.2) is 17.8 Å². The van der Waals surface area contributed by atoms with Crippen molar-refractivity contribution in [3.05, 3.63) is 48.2 Å². The average molecular weight is 456 g/mol. The Kier molecular flexibility index (Phi) is 14.6. The van der Waals surface area contributed by atoms with E-state index in [0.29, 0.717) is 12.2 Å². The van der Waals surface area contributed by atoms with E-state index in [0.717, 1.165) is 30.5 Å². The number of unbranched alkanes of at least 4 members (excludes halogenated alkanes) is 11. The van der Waals surface area contributed by atoms with Crippen molar-refractivity contribution < 1.29 is 9.13 Å². The molecular weight excluding hydrogens is 409 g/mol. The monoisotopic (exact) mass is 455 g/mol. The maximum absolute atomic E-state index is 14.0. The van der Waals surface area contributed by atoms with Gasteiger partial charge in [-0.25, -0.2) is 4.39 Å². The lowest BCUT2D eigenvalue weighted by atomic mass is 10.0. The molecular formula is C30H46FNO. The first-order chi connectivity index (χ1) is 16.2. The van der Waals surface area contributed by atoms with Crippen molar-refractivity contribution in [2.45, 2.75) is 116 Å². The van der Waals surface area contributed by atoms with E-state index in [2.05, 4.69) is 43.1 Å². The maximum Gasteiger partial charge on any atom is 0.137 e. The quantitative estimate of drug-likeness (QED) is 0.197. The Hall–Kier alpha value is -1.90. The van der Waals surface area contributed by atoms with Crippen LogP contribution >= 0.6 is 0 Å². The molecule has 0 fully saturated rings. The number of alkyl halides is 1. The molecule has 2 rings (SSSR count). The second kappa shape index (κ2) is 17.6. The summed E-state index contributed by atoms with van der Waals surface area (Å²) >= 11 is 0. The van der Waals surface area contributed by atoms with E-state index in [-0.39, 0.29) is 6.61 Å². The minimum Gasteiger partial charge on any atom is -0.489 e. The van der Waals surface area contributed by atoms with Crippen LogP contribution in [0.5, 0.6) is 5.75 Å². The predicted molar refractivity (Wildman–Crippen MR) is 140 cm³/mol. The average Bonchev–Trinajstić information content (AvgIpc) is 2.85. The maximum atomic E-state index is 14.0. The van der Waals surface area contributed by atoms with Crippen LogP contribution < -0.4 is 4.74 Å². The van der Waals surface area contributed by atoms with E-state index in [1.54, 1.807) is 6.20 Å². The highest BCUT2D eigenvalue weighted by Crippen LogP contribution is 2.21. The second-order valence-electron chi connectivity index (χ2n) is 9.41. The molecule has 0 saturated heterocycles. The van der Waals surface area contributed by atoms with Gasteiger partial charge in [0.25, 0.3) is 0 Å². The highest BCUT2D eigenvalue weighted by Gasteiger charge is 2.08. The molecule has 0 N–H and O–H groups in total. The molecule has 1 heterocycles. The first-order valence-electron chi connectivity index (χ1n) is 13.5. The van der Waals surface area contributed by atoms with E-state index >= 15 is 0 Å². The van der Waals surface area contributed by atoms with Gasteiger partial charge in [-0.3, -0.25) is 4.98 Å². The number of rotatable bonds is 19. The smallest absolute Gasteiger partial charge is 0.137 e. The Labute approximate surface area is 202 Å². The first kappa shape index (κ1) is 27.3. The number of aryl methyl sites for hydroxylation is 1. The van der Waals surface area contributed by atoms with Crippen molar-refractivity contribution in [2.24, 2.45) is 0 Å². The summed E-state index contributed by atoms with van der Waals surface area (Å²) in [6.45, 7) is 4.58. The van der Waals surface area contributed by atoms with Crippen molar-refractivity contribution >= 4 is 0 Å². The summed E-state index contributed by atoms with van der Waals surface area (Å²) in [6.07, 6.45) is 19.1. The van der Waals surface area contributed by atoms with Crippen molar-refractivity contribution in [1.82, 2.24) is 4.98 Å². The summed E-state index contributed by atoms with van der Waals surface area (Å²) in [5.41, 5.74) is 3.43. The molecule has 0 bridgehead atoms. The SMILES string of the molecule is CCCCCCCCCCc1ccc(-c2ccc(OCC(F)CCCCCCC)cn2)cc1. The summed E-state index contributed by atoms with van der Waals surface area (Å²) in [5, 5.41) is 0. The molecule has 1 aromatic heterocycles. The van der Waals surface area contributed by atoms with Gasteiger partial charge in [-0.1, -0.05) is 115 Å². The van der Waals surface area contributed by atoms with Crippen molar-refractivity contribution in [3.63, 3.8) is 0 Å². The number of aromatic nitrogens is 1. The Morgan fingerprint density at radius 3 is 1.94 bits per heavy atom. The molecule has 0 saturated carbocycles. The van der Waals surface area contributed by atoms with Crippen LogP contribution in [0.25, 0.3) is 11.3 Å². The minimum atomic E-state index is -0.903. The van der Waals surface area contributed by atoms with E-state index in [9.17, 15) is 4.39 Å². The third-order valence-electron chi connectivity index (χ3n) is 6.36. The largest absolute Gasteiger partial charge is 0.489 e. The summed E-state index contributed by atoms with van der Waals surface area (Å²) in [5.74, 6) is 0.638. The van der Waals surface area contributed by atoms with E-state index in [4.69, 9.17) is 4.74 Å². The highest BCUT2D eigenvalue weighted by molar-refractivity contribution is 5.59. The van der Waals surface area contributed by atoms with Crippen LogP contribution in [0.4, 0.5) is 4.39 Å². The molecule has 0 amide bonds. The molecule has 1 unspecified atom stereocenters. The normalized spacial score (nSPS) is 12.1. The first-order valence-corrected chi connectivity index (χ1v) is 13.5. The molecule has 0 radical (unpaired) electrons. The number of nitrogens with zero attached hydrogens (tertiary/aromatic N) is 1. The number of hydrogen-bond donors (Lipinski definition) is 0. The molecule has 0 spiro atoms. The predicted octanol–water partition coefficient (Wildman–Crippen LogP) is 9.51. The molecule has 1 atom stereocenters. The fraction of sp³-hybridized carbons (Fsp3) is 0.633. The van der Waals surface area contributed by atoms with Gasteiger partial charge in [-0.05, 0) is 37.0 Å². The highest BCUT2D eigenvalue weighted by atomic mass is 19.1. The van der Waals surface area contributed by atoms with Gasteiger partial charge in [0, 0.05) is 5.56 Å². The summed E-state index contributed by atoms with van der Waals surface area (Å²) in [6, 6.07) is 12.6. The lowest BCUT2D eigenvalue weighted by Crippen LogP contribution is -2.12. The van der Waals surface area contributed by atoms with Crippen LogP contribution in [0.15, 0.2) is 42.6 Å². The van der Waals surface area contributed by atoms with Crippen LogP contribution in [0, 0.1) is 0 Å². The van der Waals surface area contributed by atoms with Crippen LogP contribution in [0.2, 0.25) is 0 Å². The van der Waals surface area contributed by atoms with Crippen molar-refractivity contribution in [1.29, 1.82) is 0 Å². The van der Waals surface area contributed by atoms with Gasteiger partial charge < -0.3 is 4.74 Å². The Morgan fingerprint density at radius 1 is 0.727 bits per heavy atom. The van der Waals surface area contributed by atoms with Crippen LogP contribution in [-0.2, 0) is 6.42 Å². The van der Waals surface area contributed by atoms with Gasteiger partial charge in [0.2, 0.25) is 0 Å². The van der Waals surface area contributed by atoms with Crippen molar-refractivity contribution in [3.8, 4) is 17.0 Å². The van der Waals surface area contributed by atoms with Crippen LogP contribution in [0.3, 0.4) is 0 Å². The van der Waals surface area contributed by atoms with Gasteiger partial charge in [0.1, 0.15) is 18.5 Å². The molecule has 2 nitrogen and oxygen atoms in total. The molecule has 0 aliphatic carbocycles. The van der Waals surface area contributed by atoms with Gasteiger partial charge >= 0.3 is 0 Å². The number of halogens is 1. The minimum absolute atomic E-state index is 0.113. The van der Waals surface area contributed by atoms with E-state index in [1.807, 2.05) is 12.1 Å². The lowest BCUT2D eigenvalue weighted by Gasteiger charge is -2.11. The van der Waals surface area contributed by atoms with Gasteiger partial charge in [0.05, 0.1) is 11.9 Å². The van der Waals surface area contributed by atoms with E-state index in [1.165, 1.54) is 76.2 Å². The van der Waals surface area contributed by atoms with Crippen molar-refractivity contribution in [2.75, 3.05) is 6.61 Å². The zero-order valence-corrected chi connectivity index (χ0v) is 21.2. The Bertz CT molecular complexity index is 713. The zero-order chi connectivity index (χ0) is 23.6. The summed E-state index contributed by atoms with van der Waals surface area (Å²) in [7, 11) is 0. The zero-order valence-electron chi connectivity index (χ0n) is 21.2. The standard InChI is InChI=1S/C30H46FNO/c1-3-5-7-9-10-11-13-14-16-26-18-20-27(21-19-26)30-23-22-29(24-32-30)33-25-28(31)17-15-12-8-6-4-2/h18-24,28H,3-17,25H2,1-2H3. The fourth-order valence-electron chi connectivity index (χ4n) is 4.18. The second-order valence-corrected chi connectivity index (χ2v) is 9.41.